The van der Waals surface area contributed by atoms with Crippen molar-refractivity contribution in [2.45, 2.75) is 4.90 Å². The fourth-order valence-electron chi connectivity index (χ4n) is 3.10. The highest BCUT2D eigenvalue weighted by atomic mass is 35.5. The number of halogens is 1. The molecule has 0 bridgehead atoms. The standard InChI is InChI=1S/C25H19ClN2O4S/c26-19-8-4-9-21(16-19)28-33(30,31)23-13-11-20(12-14-23)27-25(29)24(17-22-10-5-15-32-22)18-6-2-1-3-7-18/h1-17,28H,(H,27,29)/b24-17+. The topological polar surface area (TPSA) is 88.4 Å². The van der Waals surface area contributed by atoms with E-state index >= 15 is 0 Å². The molecule has 0 aliphatic carbocycles. The first kappa shape index (κ1) is 22.4. The molecule has 33 heavy (non-hydrogen) atoms. The number of amides is 1. The number of rotatable bonds is 7. The van der Waals surface area contributed by atoms with Gasteiger partial charge >= 0.3 is 0 Å². The lowest BCUT2D eigenvalue weighted by atomic mass is 10.0. The number of sulfonamides is 1. The third kappa shape index (κ3) is 5.71. The molecule has 4 aromatic rings. The summed E-state index contributed by atoms with van der Waals surface area (Å²) in [6.45, 7) is 0. The van der Waals surface area contributed by atoms with E-state index in [1.54, 1.807) is 36.4 Å². The zero-order chi connectivity index (χ0) is 23.3. The van der Waals surface area contributed by atoms with Gasteiger partial charge in [-0.2, -0.15) is 0 Å². The van der Waals surface area contributed by atoms with Crippen molar-refractivity contribution in [3.8, 4) is 0 Å². The maximum absolute atomic E-state index is 13.0. The maximum Gasteiger partial charge on any atom is 0.261 e. The zero-order valence-corrected chi connectivity index (χ0v) is 18.8. The highest BCUT2D eigenvalue weighted by Crippen LogP contribution is 2.23. The molecule has 6 nitrogen and oxygen atoms in total. The monoisotopic (exact) mass is 478 g/mol. The van der Waals surface area contributed by atoms with Gasteiger partial charge in [-0.15, -0.1) is 0 Å². The fourth-order valence-corrected chi connectivity index (χ4v) is 4.34. The van der Waals surface area contributed by atoms with Crippen LogP contribution in [-0.2, 0) is 14.8 Å². The molecule has 0 saturated carbocycles. The van der Waals surface area contributed by atoms with Crippen molar-refractivity contribution < 1.29 is 17.6 Å². The Balaban J connectivity index is 1.53. The van der Waals surface area contributed by atoms with Crippen molar-refractivity contribution in [2.24, 2.45) is 0 Å². The predicted molar refractivity (Wildman–Crippen MR) is 130 cm³/mol. The Labute approximate surface area is 196 Å². The molecule has 0 saturated heterocycles. The van der Waals surface area contributed by atoms with E-state index < -0.39 is 10.0 Å². The van der Waals surface area contributed by atoms with E-state index in [4.69, 9.17) is 16.0 Å². The minimum atomic E-state index is -3.81. The lowest BCUT2D eigenvalue weighted by molar-refractivity contribution is -0.111. The minimum absolute atomic E-state index is 0.0508. The van der Waals surface area contributed by atoms with Crippen LogP contribution in [0.4, 0.5) is 11.4 Å². The van der Waals surface area contributed by atoms with Crippen LogP contribution in [0.2, 0.25) is 5.02 Å². The molecule has 8 heteroatoms. The first-order valence-electron chi connectivity index (χ1n) is 9.91. The van der Waals surface area contributed by atoms with E-state index in [9.17, 15) is 13.2 Å². The Kier molecular flexibility index (Phi) is 6.63. The molecule has 1 aromatic heterocycles. The first-order valence-corrected chi connectivity index (χ1v) is 11.8. The van der Waals surface area contributed by atoms with Crippen LogP contribution < -0.4 is 10.0 Å². The Morgan fingerprint density at radius 2 is 1.61 bits per heavy atom. The van der Waals surface area contributed by atoms with E-state index in [0.717, 1.165) is 5.56 Å². The molecule has 4 rings (SSSR count). The Bertz CT molecular complexity index is 1380. The molecule has 0 radical (unpaired) electrons. The molecule has 0 aliphatic rings. The van der Waals surface area contributed by atoms with E-state index in [0.29, 0.717) is 27.7 Å². The zero-order valence-electron chi connectivity index (χ0n) is 17.2. The number of furan rings is 1. The third-order valence-corrected chi connectivity index (χ3v) is 6.29. The van der Waals surface area contributed by atoms with Gasteiger partial charge in [0.15, 0.2) is 0 Å². The summed E-state index contributed by atoms with van der Waals surface area (Å²) in [7, 11) is -3.81. The van der Waals surface area contributed by atoms with Crippen LogP contribution in [-0.4, -0.2) is 14.3 Å². The third-order valence-electron chi connectivity index (χ3n) is 4.66. The molecule has 0 spiro atoms. The highest BCUT2D eigenvalue weighted by Gasteiger charge is 2.16. The molecule has 2 N–H and O–H groups in total. The van der Waals surface area contributed by atoms with E-state index in [1.807, 2.05) is 30.3 Å². The number of benzene rings is 3. The predicted octanol–water partition coefficient (Wildman–Crippen LogP) is 5.91. The first-order chi connectivity index (χ1) is 15.9. The van der Waals surface area contributed by atoms with Crippen molar-refractivity contribution in [3.05, 3.63) is 114 Å². The summed E-state index contributed by atoms with van der Waals surface area (Å²) >= 11 is 5.92. The Morgan fingerprint density at radius 3 is 2.27 bits per heavy atom. The summed E-state index contributed by atoms with van der Waals surface area (Å²) < 4.78 is 33.2. The molecule has 3 aromatic carbocycles. The van der Waals surface area contributed by atoms with E-state index in [1.165, 1.54) is 36.6 Å². The van der Waals surface area contributed by atoms with Crippen LogP contribution in [0.15, 0.2) is 107 Å². The number of hydrogen-bond acceptors (Lipinski definition) is 4. The molecular formula is C25H19ClN2O4S. The van der Waals surface area contributed by atoms with Gasteiger partial charge in [-0.3, -0.25) is 9.52 Å². The second-order valence-corrected chi connectivity index (χ2v) is 9.15. The van der Waals surface area contributed by atoms with Crippen LogP contribution in [0.3, 0.4) is 0 Å². The number of anilines is 2. The Morgan fingerprint density at radius 1 is 0.848 bits per heavy atom. The van der Waals surface area contributed by atoms with Gasteiger partial charge < -0.3 is 9.73 Å². The van der Waals surface area contributed by atoms with Gasteiger partial charge in [0.1, 0.15) is 5.76 Å². The van der Waals surface area contributed by atoms with Crippen molar-refractivity contribution in [1.29, 1.82) is 0 Å². The summed E-state index contributed by atoms with van der Waals surface area (Å²) in [5.74, 6) is 0.183. The molecule has 1 heterocycles. The molecule has 0 unspecified atom stereocenters. The molecule has 166 valence electrons. The largest absolute Gasteiger partial charge is 0.465 e. The van der Waals surface area contributed by atoms with Crippen LogP contribution >= 0.6 is 11.6 Å². The minimum Gasteiger partial charge on any atom is -0.465 e. The van der Waals surface area contributed by atoms with Crippen LogP contribution in [0.25, 0.3) is 11.6 Å². The molecular weight excluding hydrogens is 460 g/mol. The fraction of sp³-hybridized carbons (Fsp3) is 0. The maximum atomic E-state index is 13.0. The Hall–Kier alpha value is -3.81. The summed E-state index contributed by atoms with van der Waals surface area (Å²) in [6, 6.07) is 25.0. The number of hydrogen-bond donors (Lipinski definition) is 2. The van der Waals surface area contributed by atoms with Crippen molar-refractivity contribution in [3.63, 3.8) is 0 Å². The smallest absolute Gasteiger partial charge is 0.261 e. The number of carbonyl (C=O) groups excluding carboxylic acids is 1. The van der Waals surface area contributed by atoms with E-state index in [-0.39, 0.29) is 10.8 Å². The van der Waals surface area contributed by atoms with Crippen molar-refractivity contribution >= 4 is 50.6 Å². The lowest BCUT2D eigenvalue weighted by Gasteiger charge is -2.11. The average molecular weight is 479 g/mol. The summed E-state index contributed by atoms with van der Waals surface area (Å²) in [6.07, 6.45) is 3.18. The van der Waals surface area contributed by atoms with Gasteiger partial charge in [0, 0.05) is 10.7 Å². The second kappa shape index (κ2) is 9.77. The van der Waals surface area contributed by atoms with Crippen LogP contribution in [0.1, 0.15) is 11.3 Å². The van der Waals surface area contributed by atoms with Gasteiger partial charge in [-0.25, -0.2) is 8.42 Å². The molecule has 0 aliphatic heterocycles. The molecule has 0 fully saturated rings. The highest BCUT2D eigenvalue weighted by molar-refractivity contribution is 7.92. The summed E-state index contributed by atoms with van der Waals surface area (Å²) in [5, 5.41) is 3.23. The van der Waals surface area contributed by atoms with Crippen molar-refractivity contribution in [2.75, 3.05) is 10.0 Å². The van der Waals surface area contributed by atoms with Gasteiger partial charge in [0.2, 0.25) is 0 Å². The normalized spacial score (nSPS) is 11.7. The number of carbonyl (C=O) groups is 1. The van der Waals surface area contributed by atoms with Gasteiger partial charge in [0.05, 0.1) is 22.4 Å². The SMILES string of the molecule is O=C(Nc1ccc(S(=O)(=O)Nc2cccc(Cl)c2)cc1)/C(=C/c1ccco1)c1ccccc1. The van der Waals surface area contributed by atoms with Crippen LogP contribution in [0, 0.1) is 0 Å². The lowest BCUT2D eigenvalue weighted by Crippen LogP contribution is -2.15. The molecule has 0 atom stereocenters. The number of nitrogens with one attached hydrogen (secondary N) is 2. The van der Waals surface area contributed by atoms with Gasteiger partial charge in [-0.05, 0) is 66.2 Å². The average Bonchev–Trinajstić information content (AvgIpc) is 3.31. The summed E-state index contributed by atoms with van der Waals surface area (Å²) in [5.41, 5.74) is 1.93. The second-order valence-electron chi connectivity index (χ2n) is 7.03. The summed E-state index contributed by atoms with van der Waals surface area (Å²) in [4.78, 5) is 13.1. The quantitative estimate of drug-likeness (QED) is 0.323. The molecule has 1 amide bonds. The van der Waals surface area contributed by atoms with E-state index in [2.05, 4.69) is 10.0 Å². The van der Waals surface area contributed by atoms with Crippen molar-refractivity contribution in [1.82, 2.24) is 0 Å². The van der Waals surface area contributed by atoms with Crippen LogP contribution in [0.5, 0.6) is 0 Å². The van der Waals surface area contributed by atoms with Gasteiger partial charge in [0.25, 0.3) is 15.9 Å². The van der Waals surface area contributed by atoms with Gasteiger partial charge in [-0.1, -0.05) is 48.0 Å².